The summed E-state index contributed by atoms with van der Waals surface area (Å²) >= 11 is 0. The van der Waals surface area contributed by atoms with Gasteiger partial charge in [0, 0.05) is 18.8 Å². The smallest absolute Gasteiger partial charge is 0.239 e. The average molecular weight is 319 g/mol. The molecule has 0 unspecified atom stereocenters. The highest BCUT2D eigenvalue weighted by molar-refractivity contribution is 6.14. The van der Waals surface area contributed by atoms with Gasteiger partial charge in [0.25, 0.3) is 0 Å². The number of anilines is 2. The first kappa shape index (κ1) is 14.9. The molecule has 122 valence electrons. The van der Waals surface area contributed by atoms with E-state index in [-0.39, 0.29) is 5.91 Å². The second kappa shape index (κ2) is 6.48. The zero-order valence-corrected chi connectivity index (χ0v) is 13.7. The first-order chi connectivity index (χ1) is 11.8. The topological polar surface area (TPSA) is 35.9 Å². The number of hydrogen-bond acceptors (Lipinski definition) is 3. The van der Waals surface area contributed by atoms with Crippen molar-refractivity contribution in [2.24, 2.45) is 4.99 Å². The maximum Gasteiger partial charge on any atom is 0.239 e. The van der Waals surface area contributed by atoms with Crippen LogP contribution in [-0.2, 0) is 4.79 Å². The molecular formula is C20H21N3O. The van der Waals surface area contributed by atoms with Crippen molar-refractivity contribution >= 4 is 28.8 Å². The first-order valence-corrected chi connectivity index (χ1v) is 8.62. The van der Waals surface area contributed by atoms with Gasteiger partial charge >= 0.3 is 0 Å². The summed E-state index contributed by atoms with van der Waals surface area (Å²) in [5, 5.41) is 0. The fourth-order valence-electron chi connectivity index (χ4n) is 3.47. The van der Waals surface area contributed by atoms with Crippen LogP contribution in [0.4, 0.5) is 17.1 Å². The van der Waals surface area contributed by atoms with Crippen LogP contribution in [0.3, 0.4) is 0 Å². The van der Waals surface area contributed by atoms with Gasteiger partial charge in [-0.2, -0.15) is 0 Å². The Labute approximate surface area is 142 Å². The van der Waals surface area contributed by atoms with Crippen LogP contribution >= 0.6 is 0 Å². The van der Waals surface area contributed by atoms with E-state index in [1.807, 2.05) is 54.6 Å². The molecule has 0 N–H and O–H groups in total. The van der Waals surface area contributed by atoms with Gasteiger partial charge in [-0.15, -0.1) is 0 Å². The number of amides is 1. The Balaban J connectivity index is 1.77. The molecule has 4 nitrogen and oxygen atoms in total. The van der Waals surface area contributed by atoms with Crippen LogP contribution in [0.25, 0.3) is 0 Å². The van der Waals surface area contributed by atoms with E-state index < -0.39 is 0 Å². The molecule has 1 saturated heterocycles. The van der Waals surface area contributed by atoms with E-state index in [0.29, 0.717) is 6.42 Å². The largest absolute Gasteiger partial charge is 0.360 e. The van der Waals surface area contributed by atoms with Gasteiger partial charge < -0.3 is 4.90 Å². The number of benzene rings is 2. The fraction of sp³-hybridized carbons (Fsp3) is 0.300. The molecule has 2 aromatic rings. The third-order valence-electron chi connectivity index (χ3n) is 4.67. The lowest BCUT2D eigenvalue weighted by atomic mass is 10.1. The summed E-state index contributed by atoms with van der Waals surface area (Å²) in [7, 11) is 0. The lowest BCUT2D eigenvalue weighted by Crippen LogP contribution is -2.38. The minimum atomic E-state index is 0.0791. The van der Waals surface area contributed by atoms with Gasteiger partial charge in [-0.3, -0.25) is 9.69 Å². The number of hydrogen-bond donors (Lipinski definition) is 0. The van der Waals surface area contributed by atoms with Crippen LogP contribution in [0.1, 0.15) is 25.7 Å². The number of aliphatic imine (C=N–C) groups is 1. The van der Waals surface area contributed by atoms with E-state index in [4.69, 9.17) is 4.99 Å². The standard InChI is InChI=1S/C20H21N3O/c24-20-15-19(22-13-7-2-8-14-22)21-17-11-5-6-12-18(17)23(20)16-9-3-1-4-10-16/h1,3-6,9-12H,2,7-8,13-15H2. The lowest BCUT2D eigenvalue weighted by Gasteiger charge is -2.29. The number of carbonyl (C=O) groups excluding carboxylic acids is 1. The molecule has 0 atom stereocenters. The molecule has 0 radical (unpaired) electrons. The molecule has 4 heteroatoms. The van der Waals surface area contributed by atoms with Gasteiger partial charge in [-0.25, -0.2) is 4.99 Å². The third-order valence-corrected chi connectivity index (χ3v) is 4.67. The quantitative estimate of drug-likeness (QED) is 0.787. The second-order valence-corrected chi connectivity index (χ2v) is 6.31. The predicted octanol–water partition coefficient (Wildman–Crippen LogP) is 4.27. The Morgan fingerprint density at radius 3 is 2.33 bits per heavy atom. The van der Waals surface area contributed by atoms with Crippen molar-refractivity contribution in [3.63, 3.8) is 0 Å². The highest BCUT2D eigenvalue weighted by atomic mass is 16.2. The number of para-hydroxylation sites is 3. The first-order valence-electron chi connectivity index (χ1n) is 8.62. The lowest BCUT2D eigenvalue weighted by molar-refractivity contribution is -0.116. The summed E-state index contributed by atoms with van der Waals surface area (Å²) in [6.07, 6.45) is 3.97. The van der Waals surface area contributed by atoms with Crippen molar-refractivity contribution in [2.75, 3.05) is 18.0 Å². The van der Waals surface area contributed by atoms with Gasteiger partial charge in [0.05, 0.1) is 17.8 Å². The monoisotopic (exact) mass is 319 g/mol. The van der Waals surface area contributed by atoms with E-state index in [0.717, 1.165) is 36.0 Å². The number of fused-ring (bicyclic) bond motifs is 1. The molecule has 0 spiro atoms. The van der Waals surface area contributed by atoms with Gasteiger partial charge in [0.2, 0.25) is 5.91 Å². The van der Waals surface area contributed by atoms with E-state index in [1.54, 1.807) is 4.90 Å². The molecule has 24 heavy (non-hydrogen) atoms. The van der Waals surface area contributed by atoms with Crippen LogP contribution in [0.2, 0.25) is 0 Å². The fourth-order valence-corrected chi connectivity index (χ4v) is 3.47. The minimum absolute atomic E-state index is 0.0791. The summed E-state index contributed by atoms with van der Waals surface area (Å²) in [4.78, 5) is 22.0. The van der Waals surface area contributed by atoms with Crippen molar-refractivity contribution < 1.29 is 4.79 Å². The third kappa shape index (κ3) is 2.80. The molecule has 2 aromatic carbocycles. The van der Waals surface area contributed by atoms with Crippen LogP contribution in [0, 0.1) is 0 Å². The molecule has 0 aliphatic carbocycles. The van der Waals surface area contributed by atoms with Gasteiger partial charge in [-0.05, 0) is 43.5 Å². The summed E-state index contributed by atoms with van der Waals surface area (Å²) in [6.45, 7) is 2.00. The van der Waals surface area contributed by atoms with Crippen molar-refractivity contribution in [3.8, 4) is 0 Å². The molecular weight excluding hydrogens is 298 g/mol. The van der Waals surface area contributed by atoms with E-state index in [9.17, 15) is 4.79 Å². The zero-order chi connectivity index (χ0) is 16.4. The van der Waals surface area contributed by atoms with Crippen molar-refractivity contribution in [1.29, 1.82) is 0 Å². The van der Waals surface area contributed by atoms with Crippen LogP contribution in [0.15, 0.2) is 59.6 Å². The molecule has 0 bridgehead atoms. The zero-order valence-electron chi connectivity index (χ0n) is 13.7. The van der Waals surface area contributed by atoms with Crippen molar-refractivity contribution in [3.05, 3.63) is 54.6 Å². The Morgan fingerprint density at radius 2 is 1.54 bits per heavy atom. The molecule has 0 saturated carbocycles. The van der Waals surface area contributed by atoms with E-state index in [1.165, 1.54) is 19.3 Å². The number of amidine groups is 1. The van der Waals surface area contributed by atoms with Crippen molar-refractivity contribution in [1.82, 2.24) is 4.90 Å². The van der Waals surface area contributed by atoms with Gasteiger partial charge in [0.1, 0.15) is 5.84 Å². The van der Waals surface area contributed by atoms with Crippen LogP contribution in [-0.4, -0.2) is 29.7 Å². The summed E-state index contributed by atoms with van der Waals surface area (Å²) in [6, 6.07) is 17.7. The molecule has 4 rings (SSSR count). The molecule has 0 aromatic heterocycles. The second-order valence-electron chi connectivity index (χ2n) is 6.31. The Bertz CT molecular complexity index is 763. The van der Waals surface area contributed by atoms with Crippen molar-refractivity contribution in [2.45, 2.75) is 25.7 Å². The van der Waals surface area contributed by atoms with E-state index in [2.05, 4.69) is 4.90 Å². The number of nitrogens with zero attached hydrogens (tertiary/aromatic N) is 3. The number of rotatable bonds is 1. The average Bonchev–Trinajstić information content (AvgIpc) is 2.79. The SMILES string of the molecule is O=C1CC(N2CCCCC2)=Nc2ccccc2N1c1ccccc1. The van der Waals surface area contributed by atoms with Gasteiger partial charge in [0.15, 0.2) is 0 Å². The molecule has 2 aliphatic heterocycles. The van der Waals surface area contributed by atoms with Crippen LogP contribution < -0.4 is 4.90 Å². The maximum atomic E-state index is 13.0. The highest BCUT2D eigenvalue weighted by Gasteiger charge is 2.28. The minimum Gasteiger partial charge on any atom is -0.360 e. The van der Waals surface area contributed by atoms with E-state index >= 15 is 0 Å². The Morgan fingerprint density at radius 1 is 0.833 bits per heavy atom. The number of carbonyl (C=O) groups is 1. The normalized spacial score (nSPS) is 18.0. The molecule has 1 amide bonds. The highest BCUT2D eigenvalue weighted by Crippen LogP contribution is 2.37. The summed E-state index contributed by atoms with van der Waals surface area (Å²) < 4.78 is 0. The summed E-state index contributed by atoms with van der Waals surface area (Å²) in [5.74, 6) is 0.987. The number of likely N-dealkylation sites (tertiary alicyclic amines) is 1. The van der Waals surface area contributed by atoms with Gasteiger partial charge in [-0.1, -0.05) is 30.3 Å². The Kier molecular flexibility index (Phi) is 4.03. The summed E-state index contributed by atoms with van der Waals surface area (Å²) in [5.41, 5.74) is 2.62. The number of piperidine rings is 1. The maximum absolute atomic E-state index is 13.0. The molecule has 2 heterocycles. The predicted molar refractivity (Wildman–Crippen MR) is 97.2 cm³/mol. The molecule has 2 aliphatic rings. The van der Waals surface area contributed by atoms with Crippen LogP contribution in [0.5, 0.6) is 0 Å². The molecule has 1 fully saturated rings. The Hall–Kier alpha value is -2.62.